The third kappa shape index (κ3) is 5.38. The number of hydrogen-bond donors (Lipinski definition) is 2. The first-order valence-corrected chi connectivity index (χ1v) is 12.4. The van der Waals surface area contributed by atoms with Crippen molar-refractivity contribution in [3.05, 3.63) is 81.7 Å². The number of nitrogens with two attached hydrogens (primary N) is 1. The lowest BCUT2D eigenvalue weighted by Crippen LogP contribution is -2.32. The Kier molecular flexibility index (Phi) is 7.51. The van der Waals surface area contributed by atoms with Crippen molar-refractivity contribution >= 4 is 39.9 Å². The number of fused-ring (bicyclic) bond motifs is 1. The van der Waals surface area contributed by atoms with E-state index in [1.54, 1.807) is 25.1 Å². The molecule has 0 bridgehead atoms. The first-order chi connectivity index (χ1) is 16.9. The van der Waals surface area contributed by atoms with E-state index in [0.717, 1.165) is 23.3 Å². The number of benzene rings is 2. The highest BCUT2D eigenvalue weighted by atomic mass is 32.1. The Bertz CT molecular complexity index is 1240. The minimum Gasteiger partial charge on any atom is -0.465 e. The van der Waals surface area contributed by atoms with Gasteiger partial charge in [-0.15, -0.1) is 11.3 Å². The molecule has 8 heteroatoms. The van der Waals surface area contributed by atoms with E-state index in [1.165, 1.54) is 30.1 Å². The Morgan fingerprint density at radius 2 is 1.89 bits per heavy atom. The zero-order chi connectivity index (χ0) is 24.9. The van der Waals surface area contributed by atoms with Crippen LogP contribution >= 0.6 is 11.3 Å². The Labute approximate surface area is 208 Å². The molecule has 0 fully saturated rings. The molecule has 3 N–H and O–H groups in total. The maximum Gasteiger partial charge on any atom is 0.341 e. The molecule has 0 saturated carbocycles. The van der Waals surface area contributed by atoms with Crippen LogP contribution in [0.5, 0.6) is 0 Å². The molecule has 1 aliphatic rings. The van der Waals surface area contributed by atoms with Gasteiger partial charge in [-0.3, -0.25) is 4.79 Å². The highest BCUT2D eigenvalue weighted by Crippen LogP contribution is 2.42. The van der Waals surface area contributed by atoms with E-state index in [-0.39, 0.29) is 12.0 Å². The van der Waals surface area contributed by atoms with Crippen LogP contribution in [0.4, 0.5) is 10.7 Å². The van der Waals surface area contributed by atoms with Crippen molar-refractivity contribution in [2.75, 3.05) is 18.2 Å². The van der Waals surface area contributed by atoms with Crippen LogP contribution in [0.1, 0.15) is 62.4 Å². The van der Waals surface area contributed by atoms with Gasteiger partial charge in [-0.05, 0) is 60.9 Å². The fourth-order valence-electron chi connectivity index (χ4n) is 4.38. The summed E-state index contributed by atoms with van der Waals surface area (Å²) in [6.07, 6.45) is 1.65. The zero-order valence-corrected chi connectivity index (χ0v) is 20.5. The van der Waals surface area contributed by atoms with Gasteiger partial charge in [0.1, 0.15) is 5.00 Å². The van der Waals surface area contributed by atoms with Crippen LogP contribution in [0.2, 0.25) is 0 Å². The fourth-order valence-corrected chi connectivity index (χ4v) is 5.70. The highest BCUT2D eigenvalue weighted by Gasteiger charge is 2.32. The molecule has 0 spiro atoms. The third-order valence-corrected chi connectivity index (χ3v) is 7.37. The molecule has 3 aromatic rings. The lowest BCUT2D eigenvalue weighted by atomic mass is 9.83. The summed E-state index contributed by atoms with van der Waals surface area (Å²) in [6, 6.07) is 16.7. The summed E-state index contributed by atoms with van der Waals surface area (Å²) in [5.41, 5.74) is 9.02. The molecular weight excluding hydrogens is 464 g/mol. The molecule has 1 amide bonds. The van der Waals surface area contributed by atoms with E-state index >= 15 is 0 Å². The van der Waals surface area contributed by atoms with Crippen LogP contribution in [0.15, 0.2) is 54.6 Å². The van der Waals surface area contributed by atoms with Gasteiger partial charge in [0.25, 0.3) is 5.91 Å². The van der Waals surface area contributed by atoms with Crippen LogP contribution < -0.4 is 11.1 Å². The number of anilines is 2. The van der Waals surface area contributed by atoms with E-state index in [4.69, 9.17) is 15.2 Å². The molecule has 2 atom stereocenters. The summed E-state index contributed by atoms with van der Waals surface area (Å²) < 4.78 is 10.5. The minimum absolute atomic E-state index is 0.269. The van der Waals surface area contributed by atoms with Crippen LogP contribution in [-0.2, 0) is 27.1 Å². The fraction of sp³-hybridized carbons (Fsp3) is 0.296. The van der Waals surface area contributed by atoms with Gasteiger partial charge < -0.3 is 20.5 Å². The smallest absolute Gasteiger partial charge is 0.341 e. The number of nitrogen functional groups attached to an aromatic ring is 1. The highest BCUT2D eigenvalue weighted by molar-refractivity contribution is 7.17. The Hall–Kier alpha value is -3.65. The summed E-state index contributed by atoms with van der Waals surface area (Å²) in [5, 5.41) is 3.26. The first-order valence-electron chi connectivity index (χ1n) is 11.6. The monoisotopic (exact) mass is 492 g/mol. The molecule has 0 radical (unpaired) electrons. The molecule has 1 aliphatic carbocycles. The predicted molar refractivity (Wildman–Crippen MR) is 136 cm³/mol. The number of thiophene rings is 1. The van der Waals surface area contributed by atoms with E-state index in [9.17, 15) is 14.4 Å². The van der Waals surface area contributed by atoms with Crippen molar-refractivity contribution in [3.63, 3.8) is 0 Å². The van der Waals surface area contributed by atoms with Gasteiger partial charge in [0.05, 0.1) is 18.2 Å². The van der Waals surface area contributed by atoms with Gasteiger partial charge >= 0.3 is 11.9 Å². The van der Waals surface area contributed by atoms with Gasteiger partial charge in [0, 0.05) is 10.6 Å². The predicted octanol–water partition coefficient (Wildman–Crippen LogP) is 4.96. The van der Waals surface area contributed by atoms with Gasteiger partial charge in [-0.25, -0.2) is 9.59 Å². The number of methoxy groups -OCH3 is 1. The van der Waals surface area contributed by atoms with E-state index < -0.39 is 23.9 Å². The van der Waals surface area contributed by atoms with Crippen LogP contribution in [0.3, 0.4) is 0 Å². The summed E-state index contributed by atoms with van der Waals surface area (Å²) in [6.45, 7) is 1.75. The van der Waals surface area contributed by atoms with Crippen LogP contribution in [0.25, 0.3) is 0 Å². The summed E-state index contributed by atoms with van der Waals surface area (Å²) in [5.74, 6) is -1.27. The Morgan fingerprint density at radius 1 is 1.11 bits per heavy atom. The van der Waals surface area contributed by atoms with E-state index in [1.807, 2.05) is 18.2 Å². The minimum atomic E-state index is -1.02. The molecule has 2 aromatic carbocycles. The van der Waals surface area contributed by atoms with Crippen LogP contribution in [-0.4, -0.2) is 31.1 Å². The van der Waals surface area contributed by atoms with Crippen molar-refractivity contribution in [1.82, 2.24) is 0 Å². The van der Waals surface area contributed by atoms with Crippen molar-refractivity contribution in [2.45, 2.75) is 44.6 Å². The maximum atomic E-state index is 13.1. The van der Waals surface area contributed by atoms with Gasteiger partial charge in [-0.1, -0.05) is 43.3 Å². The number of rotatable bonds is 7. The molecule has 2 unspecified atom stereocenters. The van der Waals surface area contributed by atoms with Gasteiger partial charge in [0.2, 0.25) is 0 Å². The molecule has 1 heterocycles. The number of carbonyl (C=O) groups is 3. The molecule has 35 heavy (non-hydrogen) atoms. The van der Waals surface area contributed by atoms with Crippen molar-refractivity contribution < 1.29 is 23.9 Å². The Balaban J connectivity index is 1.55. The molecular formula is C27H28N2O5S. The summed E-state index contributed by atoms with van der Waals surface area (Å²) in [7, 11) is 1.33. The van der Waals surface area contributed by atoms with Crippen molar-refractivity contribution in [1.29, 1.82) is 0 Å². The lowest BCUT2D eigenvalue weighted by Gasteiger charge is -2.22. The molecule has 0 aliphatic heterocycles. The Morgan fingerprint density at radius 3 is 2.57 bits per heavy atom. The summed E-state index contributed by atoms with van der Waals surface area (Å²) in [4.78, 5) is 39.4. The normalized spacial score (nSPS) is 15.5. The molecule has 0 saturated heterocycles. The third-order valence-electron chi connectivity index (χ3n) is 6.20. The number of carbonyl (C=O) groups excluding carboxylic acids is 3. The zero-order valence-electron chi connectivity index (χ0n) is 19.7. The van der Waals surface area contributed by atoms with Crippen molar-refractivity contribution in [3.8, 4) is 0 Å². The van der Waals surface area contributed by atoms with E-state index in [2.05, 4.69) is 17.4 Å². The number of amides is 1. The molecule has 7 nitrogen and oxygen atoms in total. The number of ether oxygens (including phenoxy) is 2. The van der Waals surface area contributed by atoms with Crippen LogP contribution in [0, 0.1) is 0 Å². The standard InChI is InChI=1S/C27H28N2O5S/c1-3-21(34-26(31)18-10-7-11-19(28)14-18)24(30)29-25-23(27(32)33-2)20-13-12-17(15-22(20)35-25)16-8-5-4-6-9-16/h4-11,14,17,21H,3,12-13,15,28H2,1-2H3,(H,29,30). The van der Waals surface area contributed by atoms with Gasteiger partial charge in [-0.2, -0.15) is 0 Å². The topological polar surface area (TPSA) is 108 Å². The van der Waals surface area contributed by atoms with E-state index in [0.29, 0.717) is 28.6 Å². The first kappa shape index (κ1) is 24.5. The average Bonchev–Trinajstić information content (AvgIpc) is 3.23. The number of nitrogens with one attached hydrogen (secondary N) is 1. The number of hydrogen-bond acceptors (Lipinski definition) is 7. The second-order valence-electron chi connectivity index (χ2n) is 8.47. The summed E-state index contributed by atoms with van der Waals surface area (Å²) >= 11 is 1.39. The second-order valence-corrected chi connectivity index (χ2v) is 9.57. The molecule has 182 valence electrons. The molecule has 1 aromatic heterocycles. The lowest BCUT2D eigenvalue weighted by molar-refractivity contribution is -0.124. The second kappa shape index (κ2) is 10.7. The van der Waals surface area contributed by atoms with Gasteiger partial charge in [0.15, 0.2) is 6.10 Å². The maximum absolute atomic E-state index is 13.1. The largest absolute Gasteiger partial charge is 0.465 e. The SMILES string of the molecule is CCC(OC(=O)c1cccc(N)c1)C(=O)Nc1sc2c(c1C(=O)OC)CCC(c1ccccc1)C2. The molecule has 4 rings (SSSR count). The average molecular weight is 493 g/mol. The van der Waals surface area contributed by atoms with Crippen molar-refractivity contribution in [2.24, 2.45) is 0 Å². The number of esters is 2. The quantitative estimate of drug-likeness (QED) is 0.356.